The molecule has 0 unspecified atom stereocenters. The first-order valence-electron chi connectivity index (χ1n) is 13.9. The lowest BCUT2D eigenvalue weighted by molar-refractivity contribution is -0.160. The van der Waals surface area contributed by atoms with E-state index in [0.29, 0.717) is 43.0 Å². The molecule has 0 bridgehead atoms. The van der Waals surface area contributed by atoms with Crippen molar-refractivity contribution < 1.29 is 23.8 Å². The molecule has 2 N–H and O–H groups in total. The van der Waals surface area contributed by atoms with Crippen LogP contribution in [0.1, 0.15) is 60.8 Å². The lowest BCUT2D eigenvalue weighted by Gasteiger charge is -2.26. The average Bonchev–Trinajstić information content (AvgIpc) is 3.35. The van der Waals surface area contributed by atoms with E-state index in [1.54, 1.807) is 12.1 Å². The van der Waals surface area contributed by atoms with Crippen molar-refractivity contribution >= 4 is 11.9 Å². The number of hydrogen-bond donors (Lipinski definition) is 2. The van der Waals surface area contributed by atoms with E-state index in [1.165, 1.54) is 12.1 Å². The van der Waals surface area contributed by atoms with Crippen LogP contribution in [0.5, 0.6) is 0 Å². The zero-order valence-corrected chi connectivity index (χ0v) is 23.2. The fourth-order valence-electron chi connectivity index (χ4n) is 5.29. The van der Waals surface area contributed by atoms with Crippen molar-refractivity contribution in [1.29, 1.82) is 0 Å². The minimum atomic E-state index is -0.728. The molecule has 212 valence electrons. The zero-order valence-electron chi connectivity index (χ0n) is 23.2. The summed E-state index contributed by atoms with van der Waals surface area (Å²) >= 11 is 0. The molecule has 1 fully saturated rings. The summed E-state index contributed by atoms with van der Waals surface area (Å²) in [5.41, 5.74) is 4.90. The Bertz CT molecular complexity index is 1500. The summed E-state index contributed by atoms with van der Waals surface area (Å²) in [7, 11) is 0. The van der Waals surface area contributed by atoms with Gasteiger partial charge in [0.15, 0.2) is 0 Å². The first-order valence-corrected chi connectivity index (χ1v) is 13.9. The van der Waals surface area contributed by atoms with Gasteiger partial charge in [-0.3, -0.25) is 9.59 Å². The van der Waals surface area contributed by atoms with Gasteiger partial charge in [0.2, 0.25) is 0 Å². The van der Waals surface area contributed by atoms with Gasteiger partial charge < -0.3 is 19.7 Å². The van der Waals surface area contributed by atoms with E-state index >= 15 is 0 Å². The molecule has 0 spiro atoms. The number of benzene rings is 3. The first kappa shape index (κ1) is 28.2. The first-order chi connectivity index (χ1) is 19.8. The number of halogens is 1. The Morgan fingerprint density at radius 1 is 1.02 bits per heavy atom. The molecule has 1 aliphatic rings. The highest BCUT2D eigenvalue weighted by Crippen LogP contribution is 2.30. The van der Waals surface area contributed by atoms with Crippen LogP contribution >= 0.6 is 0 Å². The number of cyclic esters (lactones) is 1. The third-order valence-corrected chi connectivity index (χ3v) is 7.30. The smallest absolute Gasteiger partial charge is 0.308 e. The summed E-state index contributed by atoms with van der Waals surface area (Å²) in [6.07, 6.45) is -0.361. The highest BCUT2D eigenvalue weighted by atomic mass is 19.1. The van der Waals surface area contributed by atoms with Crippen molar-refractivity contribution in [1.82, 2.24) is 14.9 Å². The number of imidazole rings is 1. The molecule has 2 heterocycles. The largest absolute Gasteiger partial charge is 0.462 e. The summed E-state index contributed by atoms with van der Waals surface area (Å²) in [4.78, 5) is 30.2. The number of esters is 1. The average molecular weight is 556 g/mol. The molecule has 1 amide bonds. The second-order valence-corrected chi connectivity index (χ2v) is 10.7. The molecule has 0 saturated carbocycles. The van der Waals surface area contributed by atoms with Crippen molar-refractivity contribution in [3.8, 4) is 22.5 Å². The molecule has 4 aromatic rings. The summed E-state index contributed by atoms with van der Waals surface area (Å²) in [6, 6.07) is 24.2. The number of ether oxygens (including phenoxy) is 1. The van der Waals surface area contributed by atoms with Crippen molar-refractivity contribution in [2.45, 2.75) is 64.3 Å². The number of carbonyl (C=O) groups is 2. The molecule has 0 aliphatic carbocycles. The molecule has 1 saturated heterocycles. The normalized spacial score (nSPS) is 17.0. The molecule has 0 radical (unpaired) electrons. The van der Waals surface area contributed by atoms with Crippen LogP contribution < -0.4 is 5.32 Å². The maximum absolute atomic E-state index is 13.7. The Morgan fingerprint density at radius 2 is 1.68 bits per heavy atom. The monoisotopic (exact) mass is 555 g/mol. The van der Waals surface area contributed by atoms with Crippen molar-refractivity contribution in [2.75, 3.05) is 0 Å². The van der Waals surface area contributed by atoms with E-state index in [2.05, 4.69) is 17.4 Å². The Balaban J connectivity index is 1.39. The number of nitrogens with zero attached hydrogens (tertiary/aromatic N) is 2. The molecule has 3 aromatic carbocycles. The van der Waals surface area contributed by atoms with Gasteiger partial charge in [0.05, 0.1) is 18.2 Å². The maximum atomic E-state index is 13.7. The van der Waals surface area contributed by atoms with Gasteiger partial charge in [-0.2, -0.15) is 0 Å². The zero-order chi connectivity index (χ0) is 28.9. The summed E-state index contributed by atoms with van der Waals surface area (Å²) in [5.74, 6) is -0.604. The topological polar surface area (TPSA) is 93.5 Å². The van der Waals surface area contributed by atoms with E-state index < -0.39 is 18.2 Å². The van der Waals surface area contributed by atoms with Crippen LogP contribution in [0.2, 0.25) is 0 Å². The van der Waals surface area contributed by atoms with Crippen LogP contribution in [-0.4, -0.2) is 38.7 Å². The van der Waals surface area contributed by atoms with Gasteiger partial charge in [0.25, 0.3) is 5.91 Å². The predicted molar refractivity (Wildman–Crippen MR) is 154 cm³/mol. The summed E-state index contributed by atoms with van der Waals surface area (Å²) in [6.45, 7) is 4.73. The van der Waals surface area contributed by atoms with E-state index in [4.69, 9.17) is 9.72 Å². The third kappa shape index (κ3) is 6.72. The highest BCUT2D eigenvalue weighted by molar-refractivity contribution is 5.94. The number of carbonyl (C=O) groups excluding carboxylic acids is 2. The number of amides is 1. The van der Waals surface area contributed by atoms with Gasteiger partial charge in [-0.15, -0.1) is 0 Å². The molecule has 1 aromatic heterocycles. The van der Waals surface area contributed by atoms with Crippen molar-refractivity contribution in [3.05, 3.63) is 102 Å². The minimum Gasteiger partial charge on any atom is -0.462 e. The number of hydrogen-bond acceptors (Lipinski definition) is 5. The fourth-order valence-corrected chi connectivity index (χ4v) is 5.29. The second-order valence-electron chi connectivity index (χ2n) is 10.7. The quantitative estimate of drug-likeness (QED) is 0.252. The van der Waals surface area contributed by atoms with Gasteiger partial charge in [0.1, 0.15) is 23.4 Å². The fraction of sp³-hybridized carbons (Fsp3) is 0.303. The van der Waals surface area contributed by atoms with E-state index in [1.807, 2.05) is 60.9 Å². The summed E-state index contributed by atoms with van der Waals surface area (Å²) < 4.78 is 21.1. The number of aliphatic hydroxyl groups is 1. The number of aliphatic hydroxyl groups excluding tert-OH is 1. The molecule has 5 rings (SSSR count). The van der Waals surface area contributed by atoms with Crippen LogP contribution in [0, 0.1) is 5.82 Å². The second kappa shape index (κ2) is 12.5. The van der Waals surface area contributed by atoms with Crippen LogP contribution in [-0.2, 0) is 22.6 Å². The van der Waals surface area contributed by atoms with Crippen LogP contribution in [0.3, 0.4) is 0 Å². The maximum Gasteiger partial charge on any atom is 0.308 e. The lowest BCUT2D eigenvalue weighted by atomic mass is 10.0. The standard InChI is InChI=1S/C33H34FN3O4/c1-21(2)31-30(33(40)35-20-22-8-10-24(11-9-22)23-6-4-3-5-7-23)36-32(25-12-14-26(34)15-13-25)37(31)17-16-28-18-27(38)19-29(39)41-28/h3-15,21,27-28,38H,16-20H2,1-2H3,(H,35,40)/t27-,28-/m1/s1. The molecule has 8 heteroatoms. The molecular weight excluding hydrogens is 521 g/mol. The highest BCUT2D eigenvalue weighted by Gasteiger charge is 2.29. The van der Waals surface area contributed by atoms with Crippen molar-refractivity contribution in [2.24, 2.45) is 0 Å². The van der Waals surface area contributed by atoms with E-state index in [-0.39, 0.29) is 24.1 Å². The number of aromatic nitrogens is 2. The van der Waals surface area contributed by atoms with Gasteiger partial charge in [-0.05, 0) is 46.9 Å². The van der Waals surface area contributed by atoms with Crippen LogP contribution in [0.25, 0.3) is 22.5 Å². The predicted octanol–water partition coefficient (Wildman–Crippen LogP) is 5.87. The Kier molecular flexibility index (Phi) is 8.59. The van der Waals surface area contributed by atoms with Gasteiger partial charge in [0, 0.05) is 31.5 Å². The molecule has 41 heavy (non-hydrogen) atoms. The SMILES string of the molecule is CC(C)c1c(C(=O)NCc2ccc(-c3ccccc3)cc2)nc(-c2ccc(F)cc2)n1CC[C@@H]1C[C@@H](O)CC(=O)O1. The molecule has 2 atom stereocenters. The van der Waals surface area contributed by atoms with Gasteiger partial charge in [-0.1, -0.05) is 68.4 Å². The van der Waals surface area contributed by atoms with E-state index in [9.17, 15) is 19.1 Å². The van der Waals surface area contributed by atoms with Crippen molar-refractivity contribution in [3.63, 3.8) is 0 Å². The van der Waals surface area contributed by atoms with Crippen LogP contribution in [0.15, 0.2) is 78.9 Å². The Labute approximate surface area is 239 Å². The van der Waals surface area contributed by atoms with Gasteiger partial charge >= 0.3 is 5.97 Å². The minimum absolute atomic E-state index is 0.00104. The van der Waals surface area contributed by atoms with Gasteiger partial charge in [-0.25, -0.2) is 9.37 Å². The Morgan fingerprint density at radius 3 is 2.34 bits per heavy atom. The lowest BCUT2D eigenvalue weighted by Crippen LogP contribution is -2.33. The molecule has 1 aliphatic heterocycles. The summed E-state index contributed by atoms with van der Waals surface area (Å²) in [5, 5.41) is 13.1. The van der Waals surface area contributed by atoms with E-state index in [0.717, 1.165) is 22.4 Å². The molecule has 7 nitrogen and oxygen atoms in total. The molecular formula is C33H34FN3O4. The number of rotatable bonds is 9. The number of nitrogens with one attached hydrogen (secondary N) is 1. The van der Waals surface area contributed by atoms with Crippen LogP contribution in [0.4, 0.5) is 4.39 Å². The Hall–Kier alpha value is -4.30. The third-order valence-electron chi connectivity index (χ3n) is 7.30.